The first-order valence-corrected chi connectivity index (χ1v) is 7.56. The number of benzene rings is 1. The third kappa shape index (κ3) is 5.98. The summed E-state index contributed by atoms with van der Waals surface area (Å²) in [4.78, 5) is 15.7. The summed E-state index contributed by atoms with van der Waals surface area (Å²) in [6.45, 7) is 3.04. The van der Waals surface area contributed by atoms with E-state index < -0.39 is 0 Å². The number of nitrogens with zero attached hydrogens (tertiary/aromatic N) is 3. The number of carbonyl (C=O) groups excluding carboxylic acids is 1. The maximum absolute atomic E-state index is 11.8. The Balaban J connectivity index is 1.60. The van der Waals surface area contributed by atoms with E-state index in [4.69, 9.17) is 9.47 Å². The van der Waals surface area contributed by atoms with Gasteiger partial charge in [0, 0.05) is 12.5 Å². The van der Waals surface area contributed by atoms with Gasteiger partial charge in [0.1, 0.15) is 24.2 Å². The van der Waals surface area contributed by atoms with E-state index in [9.17, 15) is 4.79 Å². The Bertz CT molecular complexity index is 584. The predicted molar refractivity (Wildman–Crippen MR) is 85.3 cm³/mol. The zero-order valence-electron chi connectivity index (χ0n) is 13.4. The Labute approximate surface area is 135 Å². The molecule has 23 heavy (non-hydrogen) atoms. The summed E-state index contributed by atoms with van der Waals surface area (Å²) in [6.07, 6.45) is 4.20. The normalized spacial score (nSPS) is 11.7. The van der Waals surface area contributed by atoms with Crippen LogP contribution < -0.4 is 14.8 Å². The topological polar surface area (TPSA) is 78.3 Å². The molecule has 1 aromatic heterocycles. The van der Waals surface area contributed by atoms with Crippen LogP contribution in [0.4, 0.5) is 0 Å². The van der Waals surface area contributed by atoms with Crippen LogP contribution >= 0.6 is 0 Å². The standard InChI is InChI=1S/C16H22N4O3/c1-13(10-20-12-17-11-18-20)19-16(21)4-3-9-23-15-7-5-14(22-2)6-8-15/h5-8,11-13H,3-4,9-10H2,1-2H3,(H,19,21). The number of methoxy groups -OCH3 is 1. The quantitative estimate of drug-likeness (QED) is 0.711. The molecule has 0 fully saturated rings. The molecule has 7 heteroatoms. The number of amides is 1. The first-order valence-electron chi connectivity index (χ1n) is 7.56. The predicted octanol–water partition coefficient (Wildman–Crippen LogP) is 1.65. The molecule has 0 saturated carbocycles. The average molecular weight is 318 g/mol. The van der Waals surface area contributed by atoms with E-state index >= 15 is 0 Å². The highest BCUT2D eigenvalue weighted by atomic mass is 16.5. The summed E-state index contributed by atoms with van der Waals surface area (Å²) in [5, 5.41) is 6.94. The van der Waals surface area contributed by atoms with Crippen molar-refractivity contribution < 1.29 is 14.3 Å². The fourth-order valence-corrected chi connectivity index (χ4v) is 2.09. The van der Waals surface area contributed by atoms with Gasteiger partial charge in [-0.1, -0.05) is 0 Å². The SMILES string of the molecule is COc1ccc(OCCCC(=O)NC(C)Cn2cncn2)cc1. The lowest BCUT2D eigenvalue weighted by atomic mass is 10.2. The van der Waals surface area contributed by atoms with Crippen LogP contribution in [0.2, 0.25) is 0 Å². The van der Waals surface area contributed by atoms with E-state index in [1.54, 1.807) is 18.1 Å². The molecule has 1 amide bonds. The fourth-order valence-electron chi connectivity index (χ4n) is 2.09. The molecule has 2 rings (SSSR count). The van der Waals surface area contributed by atoms with E-state index in [1.165, 1.54) is 6.33 Å². The van der Waals surface area contributed by atoms with Crippen molar-refractivity contribution in [1.29, 1.82) is 0 Å². The average Bonchev–Trinajstić information content (AvgIpc) is 3.05. The minimum atomic E-state index is 0.00621. The third-order valence-corrected chi connectivity index (χ3v) is 3.21. The van der Waals surface area contributed by atoms with Gasteiger partial charge < -0.3 is 14.8 Å². The Hall–Kier alpha value is -2.57. The largest absolute Gasteiger partial charge is 0.497 e. The molecule has 1 heterocycles. The fraction of sp³-hybridized carbons (Fsp3) is 0.438. The highest BCUT2D eigenvalue weighted by Gasteiger charge is 2.08. The van der Waals surface area contributed by atoms with Crippen LogP contribution in [0.15, 0.2) is 36.9 Å². The molecule has 1 N–H and O–H groups in total. The molecule has 7 nitrogen and oxygen atoms in total. The van der Waals surface area contributed by atoms with Crippen molar-refractivity contribution in [2.45, 2.75) is 32.4 Å². The Morgan fingerprint density at radius 2 is 2.04 bits per heavy atom. The van der Waals surface area contributed by atoms with Gasteiger partial charge in [-0.05, 0) is 37.6 Å². The second-order valence-electron chi connectivity index (χ2n) is 5.21. The number of aromatic nitrogens is 3. The smallest absolute Gasteiger partial charge is 0.220 e. The van der Waals surface area contributed by atoms with E-state index in [-0.39, 0.29) is 11.9 Å². The van der Waals surface area contributed by atoms with E-state index in [2.05, 4.69) is 15.4 Å². The molecule has 0 radical (unpaired) electrons. The summed E-state index contributed by atoms with van der Waals surface area (Å²) < 4.78 is 12.4. The van der Waals surface area contributed by atoms with Crippen molar-refractivity contribution in [3.8, 4) is 11.5 Å². The van der Waals surface area contributed by atoms with Gasteiger partial charge in [0.15, 0.2) is 0 Å². The lowest BCUT2D eigenvalue weighted by Gasteiger charge is -2.13. The van der Waals surface area contributed by atoms with Crippen LogP contribution in [-0.2, 0) is 11.3 Å². The molecule has 0 aliphatic carbocycles. The van der Waals surface area contributed by atoms with Gasteiger partial charge in [0.25, 0.3) is 0 Å². The monoisotopic (exact) mass is 318 g/mol. The Kier molecular flexibility index (Phi) is 6.40. The van der Waals surface area contributed by atoms with Crippen molar-refractivity contribution >= 4 is 5.91 Å². The number of nitrogens with one attached hydrogen (secondary N) is 1. The van der Waals surface area contributed by atoms with Crippen molar-refractivity contribution in [2.24, 2.45) is 0 Å². The summed E-state index contributed by atoms with van der Waals surface area (Å²) in [5.41, 5.74) is 0. The minimum absolute atomic E-state index is 0.00621. The van der Waals surface area contributed by atoms with Gasteiger partial charge in [-0.2, -0.15) is 5.10 Å². The molecule has 1 unspecified atom stereocenters. The molecule has 1 aromatic carbocycles. The summed E-state index contributed by atoms with van der Waals surface area (Å²) in [5.74, 6) is 1.57. The number of carbonyl (C=O) groups is 1. The number of hydrogen-bond acceptors (Lipinski definition) is 5. The second-order valence-corrected chi connectivity index (χ2v) is 5.21. The van der Waals surface area contributed by atoms with Gasteiger partial charge in [0.05, 0.1) is 20.3 Å². The van der Waals surface area contributed by atoms with E-state index in [0.29, 0.717) is 26.0 Å². The van der Waals surface area contributed by atoms with Crippen molar-refractivity contribution in [1.82, 2.24) is 20.1 Å². The number of hydrogen-bond donors (Lipinski definition) is 1. The number of rotatable bonds is 9. The van der Waals surface area contributed by atoms with E-state index in [0.717, 1.165) is 11.5 Å². The molecule has 124 valence electrons. The minimum Gasteiger partial charge on any atom is -0.497 e. The summed E-state index contributed by atoms with van der Waals surface area (Å²) >= 11 is 0. The van der Waals surface area contributed by atoms with E-state index in [1.807, 2.05) is 31.2 Å². The van der Waals surface area contributed by atoms with Crippen LogP contribution in [0.5, 0.6) is 11.5 Å². The van der Waals surface area contributed by atoms with Crippen molar-refractivity contribution in [2.75, 3.05) is 13.7 Å². The first kappa shape index (κ1) is 16.8. The van der Waals surface area contributed by atoms with Gasteiger partial charge in [-0.25, -0.2) is 4.98 Å². The lowest BCUT2D eigenvalue weighted by molar-refractivity contribution is -0.122. The molecule has 1 atom stereocenters. The zero-order chi connectivity index (χ0) is 16.5. The van der Waals surface area contributed by atoms with Gasteiger partial charge in [-0.3, -0.25) is 9.48 Å². The highest BCUT2D eigenvalue weighted by molar-refractivity contribution is 5.76. The first-order chi connectivity index (χ1) is 11.2. The van der Waals surface area contributed by atoms with Crippen molar-refractivity contribution in [3.63, 3.8) is 0 Å². The van der Waals surface area contributed by atoms with Gasteiger partial charge in [0.2, 0.25) is 5.91 Å². The van der Waals surface area contributed by atoms with Gasteiger partial charge in [-0.15, -0.1) is 0 Å². The molecule has 0 aliphatic rings. The second kappa shape index (κ2) is 8.77. The molecular formula is C16H22N4O3. The summed E-state index contributed by atoms with van der Waals surface area (Å²) in [7, 11) is 1.62. The van der Waals surface area contributed by atoms with Crippen molar-refractivity contribution in [3.05, 3.63) is 36.9 Å². The Morgan fingerprint density at radius 3 is 2.70 bits per heavy atom. The molecule has 0 spiro atoms. The Morgan fingerprint density at radius 1 is 1.30 bits per heavy atom. The zero-order valence-corrected chi connectivity index (χ0v) is 13.4. The number of ether oxygens (including phenoxy) is 2. The maximum Gasteiger partial charge on any atom is 0.220 e. The highest BCUT2D eigenvalue weighted by Crippen LogP contribution is 2.17. The third-order valence-electron chi connectivity index (χ3n) is 3.21. The maximum atomic E-state index is 11.8. The van der Waals surface area contributed by atoms with Crippen LogP contribution in [0.3, 0.4) is 0 Å². The molecule has 2 aromatic rings. The summed E-state index contributed by atoms with van der Waals surface area (Å²) in [6, 6.07) is 7.38. The van der Waals surface area contributed by atoms with Gasteiger partial charge >= 0.3 is 0 Å². The van der Waals surface area contributed by atoms with Crippen LogP contribution in [0, 0.1) is 0 Å². The van der Waals surface area contributed by atoms with Crippen LogP contribution in [0.1, 0.15) is 19.8 Å². The van der Waals surface area contributed by atoms with Crippen LogP contribution in [-0.4, -0.2) is 40.4 Å². The molecule has 0 saturated heterocycles. The molecular weight excluding hydrogens is 296 g/mol. The lowest BCUT2D eigenvalue weighted by Crippen LogP contribution is -2.35. The van der Waals surface area contributed by atoms with Crippen LogP contribution in [0.25, 0.3) is 0 Å². The molecule has 0 bridgehead atoms. The molecule has 0 aliphatic heterocycles.